The van der Waals surface area contributed by atoms with E-state index in [1.807, 2.05) is 60.7 Å². The first-order valence-electron chi connectivity index (χ1n) is 10.6. The monoisotopic (exact) mass is 430 g/mol. The lowest BCUT2D eigenvalue weighted by molar-refractivity contribution is -0.145. The highest BCUT2D eigenvalue weighted by molar-refractivity contribution is 5.89. The summed E-state index contributed by atoms with van der Waals surface area (Å²) in [4.78, 5) is 25.5. The van der Waals surface area contributed by atoms with Gasteiger partial charge in [-0.05, 0) is 46.4 Å². The predicted molar refractivity (Wildman–Crippen MR) is 122 cm³/mol. The Hall–Kier alpha value is -3.64. The van der Waals surface area contributed by atoms with Crippen molar-refractivity contribution in [2.45, 2.75) is 24.9 Å². The lowest BCUT2D eigenvalue weighted by Crippen LogP contribution is -2.49. The minimum absolute atomic E-state index is 0.105. The molecule has 1 aliphatic rings. The molecular formula is C26H26N2O4. The van der Waals surface area contributed by atoms with Crippen LogP contribution >= 0.6 is 0 Å². The summed E-state index contributed by atoms with van der Waals surface area (Å²) in [5.74, 6) is -0.724. The molecule has 3 N–H and O–H groups in total. The molecule has 0 radical (unpaired) electrons. The third-order valence-electron chi connectivity index (χ3n) is 5.75. The molecule has 4 rings (SSSR count). The van der Waals surface area contributed by atoms with Gasteiger partial charge in [0, 0.05) is 13.0 Å². The van der Waals surface area contributed by atoms with Crippen molar-refractivity contribution in [1.82, 2.24) is 10.6 Å². The average molecular weight is 431 g/mol. The quantitative estimate of drug-likeness (QED) is 0.523. The van der Waals surface area contributed by atoms with Gasteiger partial charge in [0.25, 0.3) is 0 Å². The van der Waals surface area contributed by atoms with Crippen molar-refractivity contribution in [2.75, 3.05) is 13.7 Å². The third-order valence-corrected chi connectivity index (χ3v) is 5.75. The zero-order valence-corrected chi connectivity index (χ0v) is 17.9. The van der Waals surface area contributed by atoms with Gasteiger partial charge in [0.15, 0.2) is 0 Å². The van der Waals surface area contributed by atoms with E-state index in [-0.39, 0.29) is 11.7 Å². The molecule has 0 bridgehead atoms. The summed E-state index contributed by atoms with van der Waals surface area (Å²) in [5.41, 5.74) is 4.84. The first kappa shape index (κ1) is 21.6. The van der Waals surface area contributed by atoms with Crippen LogP contribution in [0.5, 0.6) is 5.75 Å². The van der Waals surface area contributed by atoms with Gasteiger partial charge in [-0.15, -0.1) is 0 Å². The molecule has 0 saturated heterocycles. The molecule has 1 unspecified atom stereocenters. The summed E-state index contributed by atoms with van der Waals surface area (Å²) < 4.78 is 4.94. The number of rotatable bonds is 6. The number of phenolic OH excluding ortho intramolecular Hbond substituents is 1. The zero-order chi connectivity index (χ0) is 22.5. The molecule has 0 fully saturated rings. The number of fused-ring (bicyclic) bond motifs is 1. The second-order valence-corrected chi connectivity index (χ2v) is 7.87. The lowest BCUT2D eigenvalue weighted by atomic mass is 9.93. The second kappa shape index (κ2) is 9.66. The van der Waals surface area contributed by atoms with Crippen molar-refractivity contribution in [3.63, 3.8) is 0 Å². The van der Waals surface area contributed by atoms with Crippen LogP contribution < -0.4 is 10.6 Å². The molecule has 1 heterocycles. The van der Waals surface area contributed by atoms with Crippen LogP contribution in [0.4, 0.5) is 0 Å². The van der Waals surface area contributed by atoms with Crippen molar-refractivity contribution < 1.29 is 19.4 Å². The van der Waals surface area contributed by atoms with Crippen LogP contribution in [-0.4, -0.2) is 36.7 Å². The maximum absolute atomic E-state index is 13.1. The van der Waals surface area contributed by atoms with E-state index >= 15 is 0 Å². The molecule has 164 valence electrons. The maximum atomic E-state index is 13.1. The normalized spacial score (nSPS) is 16.0. The van der Waals surface area contributed by atoms with Gasteiger partial charge in [0.2, 0.25) is 5.91 Å². The highest BCUT2D eigenvalue weighted by Gasteiger charge is 2.30. The number of hydrogen-bond donors (Lipinski definition) is 3. The van der Waals surface area contributed by atoms with Gasteiger partial charge in [0.1, 0.15) is 17.8 Å². The van der Waals surface area contributed by atoms with E-state index in [9.17, 15) is 14.7 Å². The first-order chi connectivity index (χ1) is 15.5. The molecule has 0 saturated carbocycles. The summed E-state index contributed by atoms with van der Waals surface area (Å²) in [7, 11) is 1.31. The summed E-state index contributed by atoms with van der Waals surface area (Å²) in [6.45, 7) is 0.639. The topological polar surface area (TPSA) is 87.7 Å². The van der Waals surface area contributed by atoms with Crippen molar-refractivity contribution >= 4 is 11.9 Å². The number of nitrogens with one attached hydrogen (secondary N) is 2. The molecule has 3 aromatic rings. The number of amides is 1. The molecule has 0 aromatic heterocycles. The Balaban J connectivity index is 1.50. The number of methoxy groups -OCH3 is 1. The minimum atomic E-state index is -0.820. The highest BCUT2D eigenvalue weighted by Crippen LogP contribution is 2.27. The Morgan fingerprint density at radius 3 is 2.50 bits per heavy atom. The van der Waals surface area contributed by atoms with E-state index in [1.54, 1.807) is 12.1 Å². The molecule has 6 heteroatoms. The van der Waals surface area contributed by atoms with Gasteiger partial charge in [-0.3, -0.25) is 4.79 Å². The fraction of sp³-hybridized carbons (Fsp3) is 0.231. The predicted octanol–water partition coefficient (Wildman–Crippen LogP) is 3.15. The number of esters is 1. The largest absolute Gasteiger partial charge is 0.508 e. The fourth-order valence-electron chi connectivity index (χ4n) is 4.06. The molecule has 0 aliphatic carbocycles. The molecule has 2 atom stereocenters. The van der Waals surface area contributed by atoms with E-state index in [4.69, 9.17) is 4.74 Å². The second-order valence-electron chi connectivity index (χ2n) is 7.87. The Bertz CT molecular complexity index is 1100. The lowest BCUT2D eigenvalue weighted by Gasteiger charge is -2.28. The van der Waals surface area contributed by atoms with Gasteiger partial charge in [-0.1, -0.05) is 60.7 Å². The van der Waals surface area contributed by atoms with E-state index in [0.29, 0.717) is 13.0 Å². The summed E-state index contributed by atoms with van der Waals surface area (Å²) in [5, 5.41) is 15.9. The molecule has 1 aliphatic heterocycles. The Morgan fingerprint density at radius 1 is 1.06 bits per heavy atom. The molecule has 6 nitrogen and oxygen atoms in total. The van der Waals surface area contributed by atoms with Gasteiger partial charge in [-0.25, -0.2) is 4.79 Å². The average Bonchev–Trinajstić information content (AvgIpc) is 2.83. The van der Waals surface area contributed by atoms with Crippen LogP contribution in [0.2, 0.25) is 0 Å². The number of phenols is 1. The van der Waals surface area contributed by atoms with Crippen LogP contribution in [0, 0.1) is 0 Å². The van der Waals surface area contributed by atoms with Gasteiger partial charge in [-0.2, -0.15) is 0 Å². The smallest absolute Gasteiger partial charge is 0.328 e. The Morgan fingerprint density at radius 2 is 1.78 bits per heavy atom. The number of carbonyl (C=O) groups is 2. The Kier molecular flexibility index (Phi) is 6.52. The highest BCUT2D eigenvalue weighted by atomic mass is 16.5. The van der Waals surface area contributed by atoms with E-state index in [1.165, 1.54) is 7.11 Å². The standard InChI is InChI=1S/C26H26N2O4/c1-32-26(31)23(15-17-7-9-19(10-8-17)18-5-3-2-4-6-18)28-25(30)24-22-16-21(29)12-11-20(22)13-14-27-24/h2-12,16,23-24,27,29H,13-15H2,1H3,(H,28,30)/t23-,24?/m0/s1. The van der Waals surface area contributed by atoms with Crippen LogP contribution in [0.1, 0.15) is 22.7 Å². The first-order valence-corrected chi connectivity index (χ1v) is 10.6. The molecular weight excluding hydrogens is 404 g/mol. The van der Waals surface area contributed by atoms with Crippen LogP contribution in [0.15, 0.2) is 72.8 Å². The fourth-order valence-corrected chi connectivity index (χ4v) is 4.06. The zero-order valence-electron chi connectivity index (χ0n) is 17.9. The summed E-state index contributed by atoms with van der Waals surface area (Å²) in [6.07, 6.45) is 1.08. The van der Waals surface area contributed by atoms with E-state index in [2.05, 4.69) is 10.6 Å². The van der Waals surface area contributed by atoms with E-state index < -0.39 is 18.1 Å². The molecule has 0 spiro atoms. The van der Waals surface area contributed by atoms with Crippen molar-refractivity contribution in [3.8, 4) is 16.9 Å². The van der Waals surface area contributed by atoms with Crippen LogP contribution in [-0.2, 0) is 27.2 Å². The van der Waals surface area contributed by atoms with Crippen molar-refractivity contribution in [1.29, 1.82) is 0 Å². The van der Waals surface area contributed by atoms with Crippen molar-refractivity contribution in [3.05, 3.63) is 89.5 Å². The third kappa shape index (κ3) is 4.81. The number of carbonyl (C=O) groups excluding carboxylic acids is 2. The van der Waals surface area contributed by atoms with Crippen LogP contribution in [0.3, 0.4) is 0 Å². The Labute approximate surface area is 187 Å². The molecule has 3 aromatic carbocycles. The van der Waals surface area contributed by atoms with Gasteiger partial charge >= 0.3 is 5.97 Å². The van der Waals surface area contributed by atoms with Gasteiger partial charge in [0.05, 0.1) is 7.11 Å². The van der Waals surface area contributed by atoms with Gasteiger partial charge < -0.3 is 20.5 Å². The minimum Gasteiger partial charge on any atom is -0.508 e. The van der Waals surface area contributed by atoms with E-state index in [0.717, 1.165) is 34.2 Å². The SMILES string of the molecule is COC(=O)[C@H](Cc1ccc(-c2ccccc2)cc1)NC(=O)C1NCCc2ccc(O)cc21. The number of hydrogen-bond acceptors (Lipinski definition) is 5. The number of aromatic hydroxyl groups is 1. The van der Waals surface area contributed by atoms with Crippen LogP contribution in [0.25, 0.3) is 11.1 Å². The summed E-state index contributed by atoms with van der Waals surface area (Å²) >= 11 is 0. The number of benzene rings is 3. The summed E-state index contributed by atoms with van der Waals surface area (Å²) in [6, 6.07) is 21.5. The van der Waals surface area contributed by atoms with Crippen molar-refractivity contribution in [2.24, 2.45) is 0 Å². The molecule has 1 amide bonds. The maximum Gasteiger partial charge on any atom is 0.328 e. The number of ether oxygens (including phenoxy) is 1. The molecule has 32 heavy (non-hydrogen) atoms.